The van der Waals surface area contributed by atoms with Gasteiger partial charge in [0.25, 0.3) is 0 Å². The molecule has 0 nitrogen and oxygen atoms in total. The van der Waals surface area contributed by atoms with Crippen molar-refractivity contribution in [1.29, 1.82) is 0 Å². The van der Waals surface area contributed by atoms with Gasteiger partial charge in [0.05, 0.1) is 0 Å². The summed E-state index contributed by atoms with van der Waals surface area (Å²) in [4.78, 5) is 0. The van der Waals surface area contributed by atoms with Crippen molar-refractivity contribution in [2.75, 3.05) is 0 Å². The van der Waals surface area contributed by atoms with Crippen LogP contribution >= 0.6 is 0 Å². The number of hydrogen-bond donors (Lipinski definition) is 0. The van der Waals surface area contributed by atoms with Gasteiger partial charge in [-0.2, -0.15) is 0 Å². The van der Waals surface area contributed by atoms with E-state index in [0.29, 0.717) is 23.7 Å². The molecular formula is C49H56. The molecule has 0 aliphatic heterocycles. The monoisotopic (exact) mass is 644 g/mol. The minimum Gasteiger partial charge on any atom is -0.0654 e. The topological polar surface area (TPSA) is 0 Å². The molecule has 2 unspecified atom stereocenters. The van der Waals surface area contributed by atoms with Gasteiger partial charge < -0.3 is 0 Å². The third kappa shape index (κ3) is 4.10. The highest BCUT2D eigenvalue weighted by molar-refractivity contribution is 6.12. The number of fused-ring (bicyclic) bond motifs is 12. The smallest absolute Gasteiger partial charge is 0.0474 e. The largest absolute Gasteiger partial charge is 0.0654 e. The van der Waals surface area contributed by atoms with Gasteiger partial charge in [0, 0.05) is 22.2 Å². The van der Waals surface area contributed by atoms with Crippen LogP contribution in [0.2, 0.25) is 0 Å². The zero-order chi connectivity index (χ0) is 34.6. The lowest BCUT2D eigenvalue weighted by atomic mass is 9.55. The van der Waals surface area contributed by atoms with Crippen molar-refractivity contribution in [2.45, 2.75) is 111 Å². The van der Waals surface area contributed by atoms with Gasteiger partial charge in [-0.05, 0) is 115 Å². The summed E-state index contributed by atoms with van der Waals surface area (Å²) in [5, 5.41) is 2.79. The second kappa shape index (κ2) is 11.2. The fraction of sp³-hybridized carbons (Fsp3) is 0.429. The van der Waals surface area contributed by atoms with Crippen LogP contribution in [-0.4, -0.2) is 0 Å². The molecule has 4 aromatic rings. The lowest BCUT2D eigenvalue weighted by molar-refractivity contribution is 0.298. The van der Waals surface area contributed by atoms with E-state index in [0.717, 1.165) is 0 Å². The van der Waals surface area contributed by atoms with E-state index in [9.17, 15) is 0 Å². The molecule has 49 heavy (non-hydrogen) atoms. The Kier molecular flexibility index (Phi) is 7.43. The van der Waals surface area contributed by atoms with E-state index in [4.69, 9.17) is 0 Å². The minimum atomic E-state index is -0.226. The maximum Gasteiger partial charge on any atom is 0.0474 e. The summed E-state index contributed by atoms with van der Waals surface area (Å²) in [6, 6.07) is 28.6. The van der Waals surface area contributed by atoms with Crippen LogP contribution in [0.4, 0.5) is 0 Å². The lowest BCUT2D eigenvalue weighted by Gasteiger charge is -2.47. The van der Waals surface area contributed by atoms with Gasteiger partial charge in [0.2, 0.25) is 0 Å². The van der Waals surface area contributed by atoms with E-state index in [1.807, 2.05) is 0 Å². The zero-order valence-corrected chi connectivity index (χ0v) is 31.7. The maximum atomic E-state index is 2.83. The Morgan fingerprint density at radius 2 is 1.22 bits per heavy atom. The molecule has 0 radical (unpaired) electrons. The van der Waals surface area contributed by atoms with E-state index in [1.165, 1.54) is 64.3 Å². The first kappa shape index (κ1) is 32.6. The van der Waals surface area contributed by atoms with E-state index in [1.54, 1.807) is 39.0 Å². The molecule has 0 heteroatoms. The lowest BCUT2D eigenvalue weighted by Crippen LogP contribution is -2.42. The molecule has 0 saturated heterocycles. The van der Waals surface area contributed by atoms with Crippen molar-refractivity contribution in [3.05, 3.63) is 129 Å². The average molecular weight is 645 g/mol. The van der Waals surface area contributed by atoms with Crippen LogP contribution in [-0.2, 0) is 16.2 Å². The third-order valence-corrected chi connectivity index (χ3v) is 13.7. The number of benzene rings is 4. The van der Waals surface area contributed by atoms with Crippen LogP contribution in [0.1, 0.15) is 128 Å². The number of rotatable bonds is 7. The Morgan fingerprint density at radius 1 is 0.592 bits per heavy atom. The first-order valence-electron chi connectivity index (χ1n) is 19.5. The number of allylic oxidation sites excluding steroid dienone is 6. The van der Waals surface area contributed by atoms with Crippen molar-refractivity contribution in [1.82, 2.24) is 0 Å². The van der Waals surface area contributed by atoms with Crippen LogP contribution < -0.4 is 0 Å². The van der Waals surface area contributed by atoms with Gasteiger partial charge in [-0.15, -0.1) is 0 Å². The van der Waals surface area contributed by atoms with Crippen molar-refractivity contribution in [2.24, 2.45) is 23.7 Å². The highest BCUT2D eigenvalue weighted by Gasteiger charge is 2.57. The molecular weight excluding hydrogens is 589 g/mol. The maximum absolute atomic E-state index is 2.83. The normalized spacial score (nSPS) is 22.5. The molecule has 0 saturated carbocycles. The average Bonchev–Trinajstić information content (AvgIpc) is 3.61. The summed E-state index contributed by atoms with van der Waals surface area (Å²) in [5.74, 6) is 2.02. The molecule has 0 bridgehead atoms. The standard InChI is InChI=1S/C49H56/c1-11-30(12-2)33-27-38(31(13-3)14-4)42(29(5)6)49(28-33)40-26-25-37-44(41(40)36-24-23-32-19-15-16-20-34(32)43(36)49)48(9,10)45-35-21-17-18-22-39(35)47(7,8)46(37)45/h15-31,42H,11-14H2,1-10H3. The molecule has 2 atom stereocenters. The quantitative estimate of drug-likeness (QED) is 0.188. The third-order valence-electron chi connectivity index (χ3n) is 13.7. The Bertz CT molecular complexity index is 2100. The zero-order valence-electron chi connectivity index (χ0n) is 31.7. The van der Waals surface area contributed by atoms with Gasteiger partial charge in [-0.3, -0.25) is 0 Å². The first-order chi connectivity index (χ1) is 23.5. The predicted octanol–water partition coefficient (Wildman–Crippen LogP) is 13.6. The van der Waals surface area contributed by atoms with Crippen LogP contribution in [0.3, 0.4) is 0 Å². The SMILES string of the molecule is CCC(CC)C1=CC2(c3ccc4c(c3-c3ccc5ccccc5c32)C(C)(C)C2=C4C(C)(C)c3ccccc32)C(C(C)C)C(C(CC)CC)=C1. The van der Waals surface area contributed by atoms with Crippen LogP contribution in [0.25, 0.3) is 33.0 Å². The molecule has 0 aromatic heterocycles. The highest BCUT2D eigenvalue weighted by atomic mass is 14.6. The second-order valence-corrected chi connectivity index (χ2v) is 17.1. The minimum absolute atomic E-state index is 0.0373. The summed E-state index contributed by atoms with van der Waals surface area (Å²) in [5.41, 5.74) is 18.1. The van der Waals surface area contributed by atoms with E-state index >= 15 is 0 Å². The second-order valence-electron chi connectivity index (χ2n) is 17.1. The van der Waals surface area contributed by atoms with Crippen molar-refractivity contribution >= 4 is 21.9 Å². The Morgan fingerprint density at radius 3 is 1.92 bits per heavy atom. The van der Waals surface area contributed by atoms with Gasteiger partial charge in [-0.1, -0.05) is 160 Å². The fourth-order valence-corrected chi connectivity index (χ4v) is 11.7. The molecule has 4 aliphatic rings. The summed E-state index contributed by atoms with van der Waals surface area (Å²) in [7, 11) is 0. The van der Waals surface area contributed by atoms with Crippen LogP contribution in [0.15, 0.2) is 96.1 Å². The summed E-state index contributed by atoms with van der Waals surface area (Å²) in [6.45, 7) is 24.6. The Hall–Kier alpha value is -3.64. The van der Waals surface area contributed by atoms with Crippen molar-refractivity contribution in [3.63, 3.8) is 0 Å². The molecule has 4 aromatic carbocycles. The molecule has 4 aliphatic carbocycles. The number of hydrogen-bond acceptors (Lipinski definition) is 0. The van der Waals surface area contributed by atoms with E-state index in [-0.39, 0.29) is 16.2 Å². The Balaban J connectivity index is 1.52. The van der Waals surface area contributed by atoms with Gasteiger partial charge >= 0.3 is 0 Å². The molecule has 0 fully saturated rings. The first-order valence-corrected chi connectivity index (χ1v) is 19.5. The van der Waals surface area contributed by atoms with Gasteiger partial charge in [0.1, 0.15) is 0 Å². The van der Waals surface area contributed by atoms with E-state index in [2.05, 4.69) is 154 Å². The molecule has 252 valence electrons. The predicted molar refractivity (Wildman–Crippen MR) is 212 cm³/mol. The molecule has 8 rings (SSSR count). The van der Waals surface area contributed by atoms with Gasteiger partial charge in [0.15, 0.2) is 0 Å². The van der Waals surface area contributed by atoms with Crippen molar-refractivity contribution in [3.8, 4) is 11.1 Å². The van der Waals surface area contributed by atoms with Crippen LogP contribution in [0.5, 0.6) is 0 Å². The molecule has 1 spiro atoms. The fourth-order valence-electron chi connectivity index (χ4n) is 11.7. The van der Waals surface area contributed by atoms with Crippen molar-refractivity contribution < 1.29 is 0 Å². The van der Waals surface area contributed by atoms with Crippen LogP contribution in [0, 0.1) is 23.7 Å². The van der Waals surface area contributed by atoms with Gasteiger partial charge in [-0.25, -0.2) is 0 Å². The van der Waals surface area contributed by atoms with E-state index < -0.39 is 0 Å². The summed E-state index contributed by atoms with van der Waals surface area (Å²) < 4.78 is 0. The molecule has 0 amide bonds. The summed E-state index contributed by atoms with van der Waals surface area (Å²) >= 11 is 0. The summed E-state index contributed by atoms with van der Waals surface area (Å²) in [6.07, 6.45) is 10.3. The molecule has 0 heterocycles. The molecule has 0 N–H and O–H groups in total. The Labute approximate surface area is 296 Å². The highest BCUT2D eigenvalue weighted by Crippen LogP contribution is 2.69.